The molecule has 1 aliphatic carbocycles. The zero-order chi connectivity index (χ0) is 20.5. The largest absolute Gasteiger partial charge is 0.451 e. The second-order valence-corrected chi connectivity index (χ2v) is 7.42. The van der Waals surface area contributed by atoms with Crippen molar-refractivity contribution in [2.75, 3.05) is 4.90 Å². The van der Waals surface area contributed by atoms with E-state index in [0.29, 0.717) is 11.3 Å². The Hall–Kier alpha value is -3.28. The molecule has 0 saturated carbocycles. The van der Waals surface area contributed by atoms with Crippen LogP contribution in [-0.4, -0.2) is 29.7 Å². The van der Waals surface area contributed by atoms with E-state index in [1.165, 1.54) is 23.3 Å². The van der Waals surface area contributed by atoms with Crippen molar-refractivity contribution in [1.29, 1.82) is 0 Å². The fraction of sp³-hybridized carbons (Fsp3) is 0.304. The average Bonchev–Trinajstić information content (AvgIpc) is 3.32. The molecule has 1 heterocycles. The molecule has 2 amide bonds. The number of fused-ring (bicyclic) bond motifs is 1. The maximum atomic E-state index is 12.7. The molecule has 1 aliphatic heterocycles. The topological polar surface area (TPSA) is 80.8 Å². The predicted octanol–water partition coefficient (Wildman–Crippen LogP) is 3.26. The molecule has 2 aliphatic rings. The van der Waals surface area contributed by atoms with Crippen LogP contribution in [0.3, 0.4) is 0 Å². The van der Waals surface area contributed by atoms with E-state index < -0.39 is 12.1 Å². The van der Waals surface area contributed by atoms with Crippen molar-refractivity contribution < 1.29 is 23.9 Å². The Kier molecular flexibility index (Phi) is 5.01. The first-order chi connectivity index (χ1) is 13.9. The number of ketones is 1. The zero-order valence-electron chi connectivity index (χ0n) is 16.1. The van der Waals surface area contributed by atoms with Gasteiger partial charge in [-0.2, -0.15) is 0 Å². The summed E-state index contributed by atoms with van der Waals surface area (Å²) >= 11 is 0. The van der Waals surface area contributed by atoms with Gasteiger partial charge in [0, 0.05) is 18.4 Å². The highest BCUT2D eigenvalue weighted by Crippen LogP contribution is 2.25. The predicted molar refractivity (Wildman–Crippen MR) is 106 cm³/mol. The Morgan fingerprint density at radius 3 is 2.38 bits per heavy atom. The van der Waals surface area contributed by atoms with E-state index in [1.807, 2.05) is 12.1 Å². The molecule has 6 heteroatoms. The summed E-state index contributed by atoms with van der Waals surface area (Å²) in [4.78, 5) is 50.2. The first-order valence-electron chi connectivity index (χ1n) is 9.77. The number of ether oxygens (including phenoxy) is 1. The second kappa shape index (κ2) is 7.62. The van der Waals surface area contributed by atoms with Gasteiger partial charge in [0.15, 0.2) is 6.10 Å². The summed E-state index contributed by atoms with van der Waals surface area (Å²) < 4.78 is 5.37. The molecule has 1 saturated heterocycles. The van der Waals surface area contributed by atoms with Crippen molar-refractivity contribution in [3.05, 3.63) is 64.7 Å². The number of rotatable bonds is 5. The number of hydrogen-bond acceptors (Lipinski definition) is 5. The molecular weight excluding hydrogens is 370 g/mol. The number of carbonyl (C=O) groups is 4. The fourth-order valence-electron chi connectivity index (χ4n) is 3.88. The van der Waals surface area contributed by atoms with Gasteiger partial charge in [-0.15, -0.1) is 0 Å². The third-order valence-corrected chi connectivity index (χ3v) is 5.43. The van der Waals surface area contributed by atoms with Crippen LogP contribution in [0, 0.1) is 0 Å². The number of benzene rings is 2. The van der Waals surface area contributed by atoms with Crippen LogP contribution in [0.4, 0.5) is 5.69 Å². The van der Waals surface area contributed by atoms with Crippen LogP contribution in [0.2, 0.25) is 0 Å². The summed E-state index contributed by atoms with van der Waals surface area (Å²) in [5, 5.41) is 0. The van der Waals surface area contributed by atoms with Crippen molar-refractivity contribution in [3.63, 3.8) is 0 Å². The van der Waals surface area contributed by atoms with Gasteiger partial charge >= 0.3 is 5.97 Å². The molecule has 1 atom stereocenters. The maximum absolute atomic E-state index is 12.7. The van der Waals surface area contributed by atoms with Gasteiger partial charge < -0.3 is 4.74 Å². The van der Waals surface area contributed by atoms with Gasteiger partial charge in [-0.05, 0) is 61.6 Å². The number of esters is 1. The quantitative estimate of drug-likeness (QED) is 0.444. The van der Waals surface area contributed by atoms with Gasteiger partial charge in [0.1, 0.15) is 0 Å². The van der Waals surface area contributed by atoms with E-state index in [4.69, 9.17) is 4.74 Å². The lowest BCUT2D eigenvalue weighted by Gasteiger charge is -2.16. The molecule has 0 radical (unpaired) electrons. The normalized spacial score (nSPS) is 16.7. The van der Waals surface area contributed by atoms with E-state index in [2.05, 4.69) is 0 Å². The van der Waals surface area contributed by atoms with Gasteiger partial charge in [-0.1, -0.05) is 18.2 Å². The number of hydrogen-bond donors (Lipinski definition) is 0. The second-order valence-electron chi connectivity index (χ2n) is 7.42. The van der Waals surface area contributed by atoms with Crippen LogP contribution >= 0.6 is 0 Å². The third kappa shape index (κ3) is 3.70. The number of amides is 2. The summed E-state index contributed by atoms with van der Waals surface area (Å²) in [5.41, 5.74) is 3.51. The Balaban J connectivity index is 1.47. The number of nitrogens with zero attached hydrogens (tertiary/aromatic N) is 1. The molecule has 2 aromatic carbocycles. The molecule has 29 heavy (non-hydrogen) atoms. The standard InChI is InChI=1S/C23H21NO5/c1-14(22(27)17-9-8-15-4-2-5-16(15)12-17)29-23(28)18-6-3-7-19(13-18)24-20(25)10-11-21(24)26/h3,6-9,12-14H,2,4-5,10-11H2,1H3/t14-/m0/s1. The molecule has 2 aromatic rings. The van der Waals surface area contributed by atoms with Gasteiger partial charge in [-0.3, -0.25) is 19.3 Å². The lowest BCUT2D eigenvalue weighted by Crippen LogP contribution is -2.29. The molecule has 4 rings (SSSR count). The Labute approximate surface area is 168 Å². The van der Waals surface area contributed by atoms with E-state index >= 15 is 0 Å². The smallest absolute Gasteiger partial charge is 0.338 e. The molecule has 0 spiro atoms. The van der Waals surface area contributed by atoms with Gasteiger partial charge in [0.05, 0.1) is 11.3 Å². The minimum Gasteiger partial charge on any atom is -0.451 e. The number of aryl methyl sites for hydroxylation is 2. The van der Waals surface area contributed by atoms with Crippen LogP contribution in [-0.2, 0) is 27.2 Å². The number of imide groups is 1. The molecule has 148 valence electrons. The first kappa shape index (κ1) is 19.1. The fourth-order valence-corrected chi connectivity index (χ4v) is 3.88. The summed E-state index contributed by atoms with van der Waals surface area (Å²) in [6.07, 6.45) is 2.48. The monoisotopic (exact) mass is 391 g/mol. The highest BCUT2D eigenvalue weighted by Gasteiger charge is 2.31. The highest BCUT2D eigenvalue weighted by molar-refractivity contribution is 6.20. The van der Waals surface area contributed by atoms with Crippen LogP contribution in [0.25, 0.3) is 0 Å². The van der Waals surface area contributed by atoms with E-state index in [1.54, 1.807) is 25.1 Å². The van der Waals surface area contributed by atoms with Gasteiger partial charge in [0.25, 0.3) is 0 Å². The summed E-state index contributed by atoms with van der Waals surface area (Å²) in [7, 11) is 0. The van der Waals surface area contributed by atoms with Gasteiger partial charge in [-0.25, -0.2) is 4.79 Å². The van der Waals surface area contributed by atoms with E-state index in [0.717, 1.165) is 24.2 Å². The summed E-state index contributed by atoms with van der Waals surface area (Å²) in [6.45, 7) is 1.55. The summed E-state index contributed by atoms with van der Waals surface area (Å²) in [5.74, 6) is -1.51. The molecule has 1 fully saturated rings. The van der Waals surface area contributed by atoms with Gasteiger partial charge in [0.2, 0.25) is 17.6 Å². The Bertz CT molecular complexity index is 1010. The molecule has 0 N–H and O–H groups in total. The highest BCUT2D eigenvalue weighted by atomic mass is 16.5. The van der Waals surface area contributed by atoms with Crippen molar-refractivity contribution in [3.8, 4) is 0 Å². The van der Waals surface area contributed by atoms with E-state index in [-0.39, 0.29) is 36.0 Å². The lowest BCUT2D eigenvalue weighted by molar-refractivity contribution is -0.121. The molecule has 0 bridgehead atoms. The van der Waals surface area contributed by atoms with Crippen LogP contribution in [0.5, 0.6) is 0 Å². The van der Waals surface area contributed by atoms with Crippen molar-refractivity contribution >= 4 is 29.3 Å². The molecule has 0 aromatic heterocycles. The summed E-state index contributed by atoms with van der Waals surface area (Å²) in [6, 6.07) is 11.8. The Morgan fingerprint density at radius 1 is 0.897 bits per heavy atom. The van der Waals surface area contributed by atoms with Crippen molar-refractivity contribution in [2.45, 2.75) is 45.1 Å². The van der Waals surface area contributed by atoms with Crippen molar-refractivity contribution in [1.82, 2.24) is 0 Å². The molecule has 6 nitrogen and oxygen atoms in total. The lowest BCUT2D eigenvalue weighted by atomic mass is 10.0. The minimum atomic E-state index is -0.944. The minimum absolute atomic E-state index is 0.166. The maximum Gasteiger partial charge on any atom is 0.338 e. The van der Waals surface area contributed by atoms with Crippen LogP contribution < -0.4 is 4.90 Å². The molecular formula is C23H21NO5. The van der Waals surface area contributed by atoms with Crippen LogP contribution in [0.15, 0.2) is 42.5 Å². The average molecular weight is 391 g/mol. The van der Waals surface area contributed by atoms with E-state index in [9.17, 15) is 19.2 Å². The van der Waals surface area contributed by atoms with Crippen molar-refractivity contribution in [2.24, 2.45) is 0 Å². The SMILES string of the molecule is C[C@H](OC(=O)c1cccc(N2C(=O)CCC2=O)c1)C(=O)c1ccc2c(c1)CCC2. The first-order valence-corrected chi connectivity index (χ1v) is 9.77. The number of Topliss-reactive ketones (excluding diaryl/α,β-unsaturated/α-hetero) is 1. The Morgan fingerprint density at radius 2 is 1.62 bits per heavy atom. The van der Waals surface area contributed by atoms with Crippen LogP contribution in [0.1, 0.15) is 58.0 Å². The number of carbonyl (C=O) groups excluding carboxylic acids is 4. The zero-order valence-corrected chi connectivity index (χ0v) is 16.1. The number of anilines is 1. The third-order valence-electron chi connectivity index (χ3n) is 5.43. The molecule has 0 unspecified atom stereocenters.